The van der Waals surface area contributed by atoms with Crippen molar-refractivity contribution in [3.8, 4) is 0 Å². The maximum absolute atomic E-state index is 13.3. The number of carbonyl (C=O) groups excluding carboxylic acids is 6. The SMILES string of the molecule is CC(C)(C)OC(=O)Nc1cc(CN2CCC(C(=O)N3CCC(C(=O)Cc4ccc(Cl)cc4)CC3)CC2)ccn1.CCOC(=O)Nc1cc(CN2CCC(C(=O)N3CCC(/C(Cc4ccc(Cl)cc4)=N/OC)CC3)CC2)ccn1.CO/N=C(\Cc1ccc(Cl)cc1)C1CCN(C(=O)C2CCN(Cc3ccnc(N)c3)CC2)CC1. The van der Waals surface area contributed by atoms with E-state index < -0.39 is 17.8 Å². The van der Waals surface area contributed by atoms with Crippen molar-refractivity contribution >= 4 is 99.4 Å². The average molecular weight is 1600 g/mol. The first-order valence-corrected chi connectivity index (χ1v) is 40.7. The van der Waals surface area contributed by atoms with Crippen molar-refractivity contribution in [1.29, 1.82) is 0 Å². The summed E-state index contributed by atoms with van der Waals surface area (Å²) in [6.45, 7) is 19.5. The largest absolute Gasteiger partial charge is 0.450 e. The number of nitrogen functional groups attached to an aromatic ring is 1. The maximum atomic E-state index is 13.3. The number of likely N-dealkylation sites (tertiary alicyclic amines) is 6. The van der Waals surface area contributed by atoms with Crippen molar-refractivity contribution < 1.29 is 47.9 Å². The number of anilines is 3. The van der Waals surface area contributed by atoms with Gasteiger partial charge in [-0.15, -0.1) is 0 Å². The maximum Gasteiger partial charge on any atom is 0.413 e. The van der Waals surface area contributed by atoms with Gasteiger partial charge < -0.3 is 39.6 Å². The predicted octanol–water partition coefficient (Wildman–Crippen LogP) is 14.4. The summed E-state index contributed by atoms with van der Waals surface area (Å²) in [5.41, 5.74) is 13.9. The van der Waals surface area contributed by atoms with E-state index in [1.54, 1.807) is 39.7 Å². The van der Waals surface area contributed by atoms with E-state index in [0.717, 1.165) is 219 Å². The first kappa shape index (κ1) is 85.6. The summed E-state index contributed by atoms with van der Waals surface area (Å²) >= 11 is 18.0. The standard InChI is InChI=1S/C30H39ClN4O4.C29H38ClN5O4.C26H34ClN5O2/c1-30(2,3)39-29(38)33-27-19-22(8-13-32-27)20-34-14-9-24(10-15-34)28(37)35-16-11-23(12-17-35)26(36)18-21-4-6-25(31)7-5-21;1-3-39-29(37)32-27-19-22(8-13-31-27)20-34-14-9-24(10-15-34)28(36)35-16-11-23(12-17-35)26(33-38-2)18-21-4-6-25(30)7-5-21;1-34-30-24(16-19-2-4-23(27)5-3-19)21-9-14-32(15-10-21)26(33)22-7-12-31(13-8-22)18-20-6-11-29-25(28)17-20/h4-8,13,19,23-24H,9-12,14-18,20H2,1-3H3,(H,32,33,38);4-8,13,19,23-24H,3,9-12,14-18,20H2,1-2H3,(H,31,32,37);2-6,11,17,21-22H,7-10,12-16,18H2,1H3,(H2,28,29)/b;33-26+;30-24+. The van der Waals surface area contributed by atoms with E-state index in [1.807, 2.05) is 140 Å². The van der Waals surface area contributed by atoms with E-state index in [1.165, 1.54) is 11.1 Å². The summed E-state index contributed by atoms with van der Waals surface area (Å²) in [7, 11) is 3.18. The molecule has 0 saturated carbocycles. The lowest BCUT2D eigenvalue weighted by molar-refractivity contribution is -0.140. The Morgan fingerprint density at radius 2 is 0.750 bits per heavy atom. The highest BCUT2D eigenvalue weighted by molar-refractivity contribution is 6.31. The molecule has 3 aromatic carbocycles. The van der Waals surface area contributed by atoms with Crippen LogP contribution in [-0.4, -0.2) is 196 Å². The van der Waals surface area contributed by atoms with E-state index in [0.29, 0.717) is 66.3 Å². The molecular formula is C85H111Cl3N14O10. The van der Waals surface area contributed by atoms with Gasteiger partial charge in [0.05, 0.1) is 18.0 Å². The lowest BCUT2D eigenvalue weighted by Gasteiger charge is -2.37. The monoisotopic (exact) mass is 1590 g/mol. The molecule has 9 heterocycles. The predicted molar refractivity (Wildman–Crippen MR) is 439 cm³/mol. The van der Waals surface area contributed by atoms with Crippen molar-refractivity contribution in [2.24, 2.45) is 45.8 Å². The number of hydrogen-bond acceptors (Lipinski definition) is 19. The minimum Gasteiger partial charge on any atom is -0.450 e. The number of ether oxygens (including phenoxy) is 2. The van der Waals surface area contributed by atoms with Crippen LogP contribution in [0.15, 0.2) is 138 Å². The number of amides is 5. The molecule has 6 aliphatic heterocycles. The van der Waals surface area contributed by atoms with Gasteiger partial charge in [-0.3, -0.25) is 44.5 Å². The molecule has 27 heteroatoms. The second-order valence-corrected chi connectivity index (χ2v) is 32.3. The lowest BCUT2D eigenvalue weighted by atomic mass is 9.87. The molecule has 3 aromatic heterocycles. The zero-order valence-electron chi connectivity index (χ0n) is 65.7. The molecule has 12 rings (SSSR count). The Morgan fingerprint density at radius 3 is 1.09 bits per heavy atom. The zero-order valence-corrected chi connectivity index (χ0v) is 68.0. The van der Waals surface area contributed by atoms with Crippen LogP contribution in [0.25, 0.3) is 0 Å². The molecule has 0 radical (unpaired) electrons. The molecule has 0 aliphatic carbocycles. The first-order chi connectivity index (χ1) is 54.0. The van der Waals surface area contributed by atoms with Gasteiger partial charge in [-0.2, -0.15) is 0 Å². The third-order valence-corrected chi connectivity index (χ3v) is 22.5. The minimum atomic E-state index is -0.575. The molecular weight excluding hydrogens is 1480 g/mol. The molecule has 0 unspecified atom stereocenters. The van der Waals surface area contributed by atoms with E-state index in [4.69, 9.17) is 59.7 Å². The van der Waals surface area contributed by atoms with Crippen LogP contribution in [0.1, 0.15) is 138 Å². The number of ketones is 1. The fourth-order valence-electron chi connectivity index (χ4n) is 15.7. The number of oxime groups is 2. The Kier molecular flexibility index (Phi) is 32.8. The topological polar surface area (TPSA) is 272 Å². The Balaban J connectivity index is 0.000000179. The molecule has 602 valence electrons. The first-order valence-electron chi connectivity index (χ1n) is 39.6. The van der Waals surface area contributed by atoms with Gasteiger partial charge in [-0.25, -0.2) is 24.5 Å². The van der Waals surface area contributed by atoms with Crippen molar-refractivity contribution in [3.05, 3.63) is 176 Å². The number of Topliss-reactive ketones (excluding diaryl/α,β-unsaturated/α-hetero) is 1. The molecule has 4 N–H and O–H groups in total. The fourth-order valence-corrected chi connectivity index (χ4v) is 16.1. The summed E-state index contributed by atoms with van der Waals surface area (Å²) in [6.07, 6.45) is 16.2. The highest BCUT2D eigenvalue weighted by Gasteiger charge is 2.37. The zero-order chi connectivity index (χ0) is 79.5. The van der Waals surface area contributed by atoms with Gasteiger partial charge in [0.1, 0.15) is 43.1 Å². The van der Waals surface area contributed by atoms with Crippen LogP contribution in [-0.2, 0) is 77.2 Å². The smallest absolute Gasteiger partial charge is 0.413 e. The normalized spacial score (nSPS) is 18.0. The lowest BCUT2D eigenvalue weighted by Crippen LogP contribution is -2.46. The number of piperidine rings is 6. The molecule has 0 bridgehead atoms. The molecule has 5 amide bonds. The molecule has 0 atom stereocenters. The van der Waals surface area contributed by atoms with Crippen LogP contribution in [0.5, 0.6) is 0 Å². The van der Waals surface area contributed by atoms with Crippen LogP contribution in [0.2, 0.25) is 15.1 Å². The van der Waals surface area contributed by atoms with E-state index in [-0.39, 0.29) is 41.3 Å². The van der Waals surface area contributed by atoms with Crippen molar-refractivity contribution in [1.82, 2.24) is 44.4 Å². The highest BCUT2D eigenvalue weighted by Crippen LogP contribution is 2.32. The molecule has 6 aliphatic rings. The molecule has 6 fully saturated rings. The highest BCUT2D eigenvalue weighted by atomic mass is 35.5. The van der Waals surface area contributed by atoms with Gasteiger partial charge in [0.25, 0.3) is 0 Å². The second-order valence-electron chi connectivity index (χ2n) is 31.0. The number of aromatic nitrogens is 3. The number of nitrogens with zero attached hydrogens (tertiary/aromatic N) is 11. The third-order valence-electron chi connectivity index (χ3n) is 21.8. The minimum absolute atomic E-state index is 0.0154. The summed E-state index contributed by atoms with van der Waals surface area (Å²) in [5.74, 6) is 3.43. The van der Waals surface area contributed by atoms with E-state index >= 15 is 0 Å². The molecule has 112 heavy (non-hydrogen) atoms. The summed E-state index contributed by atoms with van der Waals surface area (Å²) in [6, 6.07) is 34.7. The van der Waals surface area contributed by atoms with Gasteiger partial charge in [0, 0.05) is 147 Å². The van der Waals surface area contributed by atoms with Crippen molar-refractivity contribution in [3.63, 3.8) is 0 Å². The number of halogens is 3. The van der Waals surface area contributed by atoms with Crippen LogP contribution in [0.3, 0.4) is 0 Å². The van der Waals surface area contributed by atoms with Crippen LogP contribution in [0.4, 0.5) is 27.0 Å². The Hall–Kier alpha value is -8.78. The number of carbonyl (C=O) groups is 6. The number of pyridine rings is 3. The average Bonchev–Trinajstić information content (AvgIpc) is 0.836. The van der Waals surface area contributed by atoms with Gasteiger partial charge in [-0.05, 0) is 250 Å². The number of hydrogen-bond donors (Lipinski definition) is 3. The van der Waals surface area contributed by atoms with E-state index in [9.17, 15) is 28.8 Å². The third kappa shape index (κ3) is 27.2. The van der Waals surface area contributed by atoms with Crippen LogP contribution in [0, 0.1) is 35.5 Å². The number of nitrogens with one attached hydrogen (secondary N) is 2. The number of nitrogens with two attached hydrogens (primary N) is 1. The quantitative estimate of drug-likeness (QED) is 0.0397. The van der Waals surface area contributed by atoms with Crippen LogP contribution < -0.4 is 16.4 Å². The molecule has 6 saturated heterocycles. The van der Waals surface area contributed by atoms with Gasteiger partial charge in [0.15, 0.2) is 0 Å². The number of benzene rings is 3. The second kappa shape index (κ2) is 42.9. The molecule has 6 aromatic rings. The Morgan fingerprint density at radius 1 is 0.429 bits per heavy atom. The Labute approximate surface area is 674 Å². The van der Waals surface area contributed by atoms with Crippen molar-refractivity contribution in [2.45, 2.75) is 149 Å². The Bertz CT molecular complexity index is 4080. The van der Waals surface area contributed by atoms with E-state index in [2.05, 4.69) is 55.5 Å². The van der Waals surface area contributed by atoms with Crippen LogP contribution >= 0.6 is 34.8 Å². The molecule has 0 spiro atoms. The number of rotatable bonds is 23. The fraction of sp³-hybridized carbons (Fsp3) is 0.518. The van der Waals surface area contributed by atoms with Gasteiger partial charge >= 0.3 is 12.2 Å². The summed E-state index contributed by atoms with van der Waals surface area (Å²) < 4.78 is 10.2. The summed E-state index contributed by atoms with van der Waals surface area (Å²) in [4.78, 5) is 112. The summed E-state index contributed by atoms with van der Waals surface area (Å²) in [5, 5.41) is 16.1. The molecule has 24 nitrogen and oxygen atoms in total. The van der Waals surface area contributed by atoms with Crippen molar-refractivity contribution in [2.75, 3.05) is 116 Å². The van der Waals surface area contributed by atoms with Gasteiger partial charge in [0.2, 0.25) is 17.7 Å². The van der Waals surface area contributed by atoms with Gasteiger partial charge in [-0.1, -0.05) is 81.5 Å².